The van der Waals surface area contributed by atoms with E-state index in [0.717, 1.165) is 4.70 Å². The first-order chi connectivity index (χ1) is 12.9. The van der Waals surface area contributed by atoms with Gasteiger partial charge < -0.3 is 9.52 Å². The normalized spacial score (nSPS) is 17.4. The summed E-state index contributed by atoms with van der Waals surface area (Å²) in [4.78, 5) is 31.4. The standard InChI is InChI=1S/C19H15ClN2O4S/c1-3-11-14(16(23)12-8-7-9(2)26-12)17(24)18(25)22(11)19-21-15-10(20)5-4-6-13(15)27-19/h4-8,11,24H,3H2,1-2H3. The molecule has 138 valence electrons. The lowest BCUT2D eigenvalue weighted by molar-refractivity contribution is -0.117. The van der Waals surface area contributed by atoms with E-state index in [2.05, 4.69) is 4.98 Å². The molecular weight excluding hydrogens is 388 g/mol. The molecule has 1 aromatic carbocycles. The molecule has 1 aliphatic heterocycles. The number of aliphatic hydroxyl groups is 1. The second-order valence-electron chi connectivity index (χ2n) is 6.18. The topological polar surface area (TPSA) is 83.6 Å². The van der Waals surface area contributed by atoms with Crippen molar-refractivity contribution in [1.82, 2.24) is 4.98 Å². The number of nitrogens with zero attached hydrogens (tertiary/aromatic N) is 2. The molecule has 0 fully saturated rings. The quantitative estimate of drug-likeness (QED) is 0.641. The van der Waals surface area contributed by atoms with Crippen LogP contribution in [0.3, 0.4) is 0 Å². The Morgan fingerprint density at radius 2 is 2.15 bits per heavy atom. The third-order valence-electron chi connectivity index (χ3n) is 4.48. The van der Waals surface area contributed by atoms with Crippen LogP contribution < -0.4 is 4.90 Å². The lowest BCUT2D eigenvalue weighted by Crippen LogP contribution is -2.36. The van der Waals surface area contributed by atoms with Gasteiger partial charge in [-0.3, -0.25) is 14.5 Å². The zero-order valence-corrected chi connectivity index (χ0v) is 16.1. The number of benzene rings is 1. The van der Waals surface area contributed by atoms with Crippen molar-refractivity contribution in [2.24, 2.45) is 0 Å². The lowest BCUT2D eigenvalue weighted by atomic mass is 10.00. The zero-order chi connectivity index (χ0) is 19.3. The van der Waals surface area contributed by atoms with Gasteiger partial charge in [-0.05, 0) is 37.6 Å². The van der Waals surface area contributed by atoms with Gasteiger partial charge in [-0.25, -0.2) is 4.98 Å². The molecule has 0 saturated carbocycles. The number of ketones is 1. The van der Waals surface area contributed by atoms with Crippen molar-refractivity contribution in [1.29, 1.82) is 0 Å². The molecule has 0 aliphatic carbocycles. The fourth-order valence-corrected chi connectivity index (χ4v) is 4.53. The molecule has 1 atom stereocenters. The number of Topliss-reactive ketones (excluding diaryl/α,β-unsaturated/α-hetero) is 1. The van der Waals surface area contributed by atoms with Crippen molar-refractivity contribution in [3.05, 3.63) is 58.2 Å². The monoisotopic (exact) mass is 402 g/mol. The Morgan fingerprint density at radius 3 is 2.78 bits per heavy atom. The molecule has 1 N–H and O–H groups in total. The zero-order valence-electron chi connectivity index (χ0n) is 14.5. The average Bonchev–Trinajstić information content (AvgIpc) is 3.32. The number of aryl methyl sites for hydroxylation is 1. The Kier molecular flexibility index (Phi) is 4.28. The summed E-state index contributed by atoms with van der Waals surface area (Å²) in [6.07, 6.45) is 0.431. The third kappa shape index (κ3) is 2.74. The van der Waals surface area contributed by atoms with E-state index < -0.39 is 23.5 Å². The summed E-state index contributed by atoms with van der Waals surface area (Å²) in [6, 6.07) is 7.95. The molecular formula is C19H15ClN2O4S. The van der Waals surface area contributed by atoms with E-state index in [1.807, 2.05) is 13.0 Å². The van der Waals surface area contributed by atoms with E-state index in [-0.39, 0.29) is 11.3 Å². The summed E-state index contributed by atoms with van der Waals surface area (Å²) < 4.78 is 6.20. The van der Waals surface area contributed by atoms with Gasteiger partial charge in [0.05, 0.1) is 21.3 Å². The van der Waals surface area contributed by atoms with Crippen LogP contribution in [0, 0.1) is 6.92 Å². The van der Waals surface area contributed by atoms with E-state index in [1.165, 1.54) is 22.3 Å². The minimum absolute atomic E-state index is 0.0298. The maximum atomic E-state index is 12.9. The molecule has 27 heavy (non-hydrogen) atoms. The van der Waals surface area contributed by atoms with Crippen LogP contribution in [0.5, 0.6) is 0 Å². The molecule has 1 aliphatic rings. The van der Waals surface area contributed by atoms with Gasteiger partial charge in [0.25, 0.3) is 5.91 Å². The number of aromatic nitrogens is 1. The summed E-state index contributed by atoms with van der Waals surface area (Å²) in [7, 11) is 0. The summed E-state index contributed by atoms with van der Waals surface area (Å²) in [5.74, 6) is -1.04. The second kappa shape index (κ2) is 6.51. The minimum atomic E-state index is -0.649. The highest BCUT2D eigenvalue weighted by Gasteiger charge is 2.44. The summed E-state index contributed by atoms with van der Waals surface area (Å²) in [5.41, 5.74) is 0.616. The van der Waals surface area contributed by atoms with Crippen LogP contribution in [0.15, 0.2) is 46.1 Å². The van der Waals surface area contributed by atoms with E-state index in [9.17, 15) is 14.7 Å². The number of amides is 1. The highest BCUT2D eigenvalue weighted by atomic mass is 35.5. The third-order valence-corrected chi connectivity index (χ3v) is 5.81. The van der Waals surface area contributed by atoms with Gasteiger partial charge in [-0.2, -0.15) is 0 Å². The Hall–Kier alpha value is -2.64. The molecule has 0 saturated heterocycles. The van der Waals surface area contributed by atoms with Gasteiger partial charge in [-0.1, -0.05) is 35.9 Å². The number of para-hydroxylation sites is 1. The van der Waals surface area contributed by atoms with Crippen LogP contribution in [-0.2, 0) is 4.79 Å². The number of halogens is 1. The van der Waals surface area contributed by atoms with Crippen LogP contribution in [0.2, 0.25) is 5.02 Å². The van der Waals surface area contributed by atoms with E-state index >= 15 is 0 Å². The number of thiazole rings is 1. The first kappa shape index (κ1) is 17.8. The number of rotatable bonds is 4. The number of furan rings is 1. The second-order valence-corrected chi connectivity index (χ2v) is 7.60. The Labute approximate surface area is 163 Å². The number of carbonyl (C=O) groups excluding carboxylic acids is 2. The summed E-state index contributed by atoms with van der Waals surface area (Å²) >= 11 is 7.47. The molecule has 4 rings (SSSR count). The SMILES string of the molecule is CCC1C(C(=O)c2ccc(C)o2)=C(O)C(=O)N1c1nc2c(Cl)cccc2s1. The minimum Gasteiger partial charge on any atom is -0.503 e. The maximum absolute atomic E-state index is 12.9. The fourth-order valence-electron chi connectivity index (χ4n) is 3.22. The van der Waals surface area contributed by atoms with E-state index in [0.29, 0.717) is 27.9 Å². The molecule has 6 nitrogen and oxygen atoms in total. The van der Waals surface area contributed by atoms with Gasteiger partial charge in [0.15, 0.2) is 16.7 Å². The van der Waals surface area contributed by atoms with Crippen LogP contribution in [0.1, 0.15) is 29.7 Å². The molecule has 1 unspecified atom stereocenters. The highest BCUT2D eigenvalue weighted by Crippen LogP contribution is 2.39. The largest absolute Gasteiger partial charge is 0.503 e. The van der Waals surface area contributed by atoms with Gasteiger partial charge >= 0.3 is 0 Å². The molecule has 0 bridgehead atoms. The predicted octanol–water partition coefficient (Wildman–Crippen LogP) is 4.67. The average molecular weight is 403 g/mol. The van der Waals surface area contributed by atoms with E-state index in [4.69, 9.17) is 16.0 Å². The molecule has 0 radical (unpaired) electrons. The van der Waals surface area contributed by atoms with Gasteiger partial charge in [-0.15, -0.1) is 0 Å². The molecule has 8 heteroatoms. The van der Waals surface area contributed by atoms with E-state index in [1.54, 1.807) is 25.1 Å². The lowest BCUT2D eigenvalue weighted by Gasteiger charge is -2.22. The predicted molar refractivity (Wildman–Crippen MR) is 104 cm³/mol. The number of fused-ring (bicyclic) bond motifs is 1. The van der Waals surface area contributed by atoms with Crippen LogP contribution in [-0.4, -0.2) is 27.8 Å². The molecule has 0 spiro atoms. The Bertz CT molecular complexity index is 1110. The number of carbonyl (C=O) groups is 2. The van der Waals surface area contributed by atoms with Crippen LogP contribution in [0.4, 0.5) is 5.13 Å². The Balaban J connectivity index is 1.78. The molecule has 3 heterocycles. The number of aliphatic hydroxyl groups excluding tert-OH is 1. The number of hydrogen-bond donors (Lipinski definition) is 1. The van der Waals surface area contributed by atoms with Crippen LogP contribution >= 0.6 is 22.9 Å². The maximum Gasteiger partial charge on any atom is 0.296 e. The summed E-state index contributed by atoms with van der Waals surface area (Å²) in [5, 5.41) is 11.3. The number of hydrogen-bond acceptors (Lipinski definition) is 6. The van der Waals surface area contributed by atoms with Crippen molar-refractivity contribution in [3.8, 4) is 0 Å². The number of anilines is 1. The summed E-state index contributed by atoms with van der Waals surface area (Å²) in [6.45, 7) is 3.56. The van der Waals surface area contributed by atoms with Crippen LogP contribution in [0.25, 0.3) is 10.2 Å². The molecule has 3 aromatic rings. The van der Waals surface area contributed by atoms with Gasteiger partial charge in [0.2, 0.25) is 5.78 Å². The Morgan fingerprint density at radius 1 is 1.37 bits per heavy atom. The van der Waals surface area contributed by atoms with Crippen molar-refractivity contribution < 1.29 is 19.1 Å². The van der Waals surface area contributed by atoms with Gasteiger partial charge in [0.1, 0.15) is 11.3 Å². The van der Waals surface area contributed by atoms with Gasteiger partial charge in [0, 0.05) is 0 Å². The van der Waals surface area contributed by atoms with Crippen molar-refractivity contribution in [2.75, 3.05) is 4.90 Å². The first-order valence-corrected chi connectivity index (χ1v) is 9.54. The molecule has 1 amide bonds. The highest BCUT2D eigenvalue weighted by molar-refractivity contribution is 7.22. The molecule has 2 aromatic heterocycles. The van der Waals surface area contributed by atoms with Crippen molar-refractivity contribution >= 4 is 50.0 Å². The van der Waals surface area contributed by atoms with Crippen molar-refractivity contribution in [3.63, 3.8) is 0 Å². The van der Waals surface area contributed by atoms with Crippen molar-refractivity contribution in [2.45, 2.75) is 26.3 Å². The fraction of sp³-hybridized carbons (Fsp3) is 0.211. The smallest absolute Gasteiger partial charge is 0.296 e. The first-order valence-electron chi connectivity index (χ1n) is 8.35.